The van der Waals surface area contributed by atoms with Gasteiger partial charge in [-0.3, -0.25) is 14.4 Å². The maximum Gasteiger partial charge on any atom is 0.335 e. The molecule has 0 radical (unpaired) electrons. The van der Waals surface area contributed by atoms with Gasteiger partial charge in [0.1, 0.15) is 12.2 Å². The number of aliphatic carboxylic acids is 1. The quantitative estimate of drug-likeness (QED) is 0.289. The molecule has 0 amide bonds. The Labute approximate surface area is 240 Å². The number of Topliss-reactive ketones (excluding diaryl/α,β-unsaturated/α-hetero) is 1. The number of hydrogen-bond acceptors (Lipinski definition) is 8. The molecule has 226 valence electrons. The van der Waals surface area contributed by atoms with Crippen LogP contribution in [0, 0.1) is 28.6 Å². The van der Waals surface area contributed by atoms with Crippen molar-refractivity contribution in [2.45, 2.75) is 121 Å². The van der Waals surface area contributed by atoms with E-state index in [-0.39, 0.29) is 53.4 Å². The van der Waals surface area contributed by atoms with Crippen molar-refractivity contribution in [1.29, 1.82) is 0 Å². The van der Waals surface area contributed by atoms with Gasteiger partial charge in [-0.25, -0.2) is 4.79 Å². The molecule has 9 atom stereocenters. The normalized spacial score (nSPS) is 39.9. The first-order valence-electron chi connectivity index (χ1n) is 15.4. The number of aliphatic hydroxyl groups excluding tert-OH is 1. The molecular weight excluding hydrogens is 528 g/mol. The van der Waals surface area contributed by atoms with Crippen LogP contribution in [0.4, 0.5) is 0 Å². The second-order valence-electron chi connectivity index (χ2n) is 13.5. The predicted octanol–water partition coefficient (Wildman–Crippen LogP) is 4.37. The first kappa shape index (κ1) is 30.0. The summed E-state index contributed by atoms with van der Waals surface area (Å²) in [5.74, 6) is -2.14. The summed E-state index contributed by atoms with van der Waals surface area (Å²) in [4.78, 5) is 48.8. The van der Waals surface area contributed by atoms with Crippen molar-refractivity contribution in [2.24, 2.45) is 28.6 Å². The summed E-state index contributed by atoms with van der Waals surface area (Å²) in [5.41, 5.74) is -2.58. The predicted molar refractivity (Wildman–Crippen MR) is 148 cm³/mol. The fourth-order valence-corrected chi connectivity index (χ4v) is 9.36. The molecule has 4 aliphatic carbocycles. The van der Waals surface area contributed by atoms with Gasteiger partial charge in [0.2, 0.25) is 0 Å². The molecule has 3 N–H and O–H groups in total. The van der Waals surface area contributed by atoms with E-state index in [0.717, 1.165) is 19.3 Å². The van der Waals surface area contributed by atoms with Gasteiger partial charge in [-0.2, -0.15) is 0 Å². The summed E-state index contributed by atoms with van der Waals surface area (Å²) in [5, 5.41) is 32.7. The number of carboxylic acid groups (broad SMARTS) is 1. The SMILES string of the molecule is C[C@]12CC[C@H](OC(=O)CCCCCCC(=O)O)C[C@@H]1CC[C@H]1[C@@H]2[C@H](O)C(=O)[C@]2(C)[C@@H](c3ccc(=O)oc3)CC[C@]12O. The van der Waals surface area contributed by atoms with E-state index >= 15 is 0 Å². The first-order chi connectivity index (χ1) is 19.4. The number of carbonyl (C=O) groups is 3. The molecule has 0 aliphatic heterocycles. The lowest BCUT2D eigenvalue weighted by Gasteiger charge is -2.64. The van der Waals surface area contributed by atoms with Crippen molar-refractivity contribution < 1.29 is 38.9 Å². The third-order valence-corrected chi connectivity index (χ3v) is 11.6. The topological polar surface area (TPSA) is 151 Å². The molecule has 41 heavy (non-hydrogen) atoms. The summed E-state index contributed by atoms with van der Waals surface area (Å²) in [6.07, 6.45) is 7.92. The Morgan fingerprint density at radius 3 is 2.41 bits per heavy atom. The van der Waals surface area contributed by atoms with Crippen LogP contribution < -0.4 is 5.63 Å². The summed E-state index contributed by atoms with van der Waals surface area (Å²) >= 11 is 0. The first-order valence-corrected chi connectivity index (χ1v) is 15.4. The Kier molecular flexibility index (Phi) is 8.25. The molecule has 1 aromatic rings. The van der Waals surface area contributed by atoms with Crippen LogP contribution in [0.1, 0.15) is 109 Å². The average Bonchev–Trinajstić information content (AvgIpc) is 3.21. The summed E-state index contributed by atoms with van der Waals surface area (Å²) in [6, 6.07) is 3.00. The van der Waals surface area contributed by atoms with Crippen molar-refractivity contribution in [2.75, 3.05) is 0 Å². The number of esters is 1. The highest BCUT2D eigenvalue weighted by molar-refractivity contribution is 5.93. The third-order valence-electron chi connectivity index (χ3n) is 11.6. The van der Waals surface area contributed by atoms with Crippen molar-refractivity contribution in [3.05, 3.63) is 34.4 Å². The van der Waals surface area contributed by atoms with Crippen LogP contribution in [0.25, 0.3) is 0 Å². The van der Waals surface area contributed by atoms with Gasteiger partial charge in [-0.15, -0.1) is 0 Å². The Bertz CT molecular complexity index is 1200. The number of hydrogen-bond donors (Lipinski definition) is 3. The summed E-state index contributed by atoms with van der Waals surface area (Å²) < 4.78 is 10.9. The minimum Gasteiger partial charge on any atom is -0.481 e. The van der Waals surface area contributed by atoms with E-state index in [9.17, 15) is 29.4 Å². The summed E-state index contributed by atoms with van der Waals surface area (Å²) in [7, 11) is 0. The molecule has 9 heteroatoms. The van der Waals surface area contributed by atoms with Gasteiger partial charge in [-0.05, 0) is 93.6 Å². The van der Waals surface area contributed by atoms with E-state index in [4.69, 9.17) is 14.3 Å². The van der Waals surface area contributed by atoms with E-state index in [1.807, 2.05) is 0 Å². The lowest BCUT2D eigenvalue weighted by molar-refractivity contribution is -0.229. The van der Waals surface area contributed by atoms with Gasteiger partial charge >= 0.3 is 17.6 Å². The van der Waals surface area contributed by atoms with Crippen molar-refractivity contribution in [3.63, 3.8) is 0 Å². The number of aliphatic hydroxyl groups is 2. The van der Waals surface area contributed by atoms with Crippen LogP contribution in [-0.2, 0) is 19.1 Å². The largest absolute Gasteiger partial charge is 0.481 e. The smallest absolute Gasteiger partial charge is 0.335 e. The highest BCUT2D eigenvalue weighted by atomic mass is 16.5. The molecule has 4 saturated carbocycles. The minimum absolute atomic E-state index is 0.151. The number of ether oxygens (including phenoxy) is 1. The second kappa shape index (κ2) is 11.3. The molecule has 1 aromatic heterocycles. The highest BCUT2D eigenvalue weighted by Gasteiger charge is 2.73. The second-order valence-corrected chi connectivity index (χ2v) is 13.5. The van der Waals surface area contributed by atoms with Crippen LogP contribution in [0.5, 0.6) is 0 Å². The van der Waals surface area contributed by atoms with Gasteiger partial charge < -0.3 is 24.5 Å². The Morgan fingerprint density at radius 2 is 1.73 bits per heavy atom. The van der Waals surface area contributed by atoms with Gasteiger partial charge in [-0.1, -0.05) is 19.8 Å². The van der Waals surface area contributed by atoms with Crippen LogP contribution >= 0.6 is 0 Å². The number of carbonyl (C=O) groups excluding carboxylic acids is 2. The maximum absolute atomic E-state index is 14.1. The van der Waals surface area contributed by atoms with E-state index in [1.54, 1.807) is 13.0 Å². The fraction of sp³-hybridized carbons (Fsp3) is 0.750. The number of carboxylic acids is 1. The van der Waals surface area contributed by atoms with E-state index in [1.165, 1.54) is 12.3 Å². The molecule has 9 nitrogen and oxygen atoms in total. The Morgan fingerprint density at radius 1 is 1.00 bits per heavy atom. The molecule has 5 rings (SSSR count). The van der Waals surface area contributed by atoms with E-state index in [2.05, 4.69) is 6.92 Å². The van der Waals surface area contributed by atoms with E-state index < -0.39 is 28.7 Å². The zero-order valence-electron chi connectivity index (χ0n) is 24.2. The monoisotopic (exact) mass is 572 g/mol. The van der Waals surface area contributed by atoms with Gasteiger partial charge in [0, 0.05) is 30.7 Å². The van der Waals surface area contributed by atoms with Crippen LogP contribution in [0.2, 0.25) is 0 Å². The minimum atomic E-state index is -1.27. The standard InChI is InChI=1S/C32H44O9/c1-30-15-13-21(41-26(36)8-6-4-3-5-7-24(33)34)17-20(30)10-11-23-27(30)28(37)29(38)31(2)22(14-16-32(23,31)39)19-9-12-25(35)40-18-19/h9,12,18,20-23,27-28,37,39H,3-8,10-11,13-17H2,1-2H3,(H,33,34)/t20-,21-,22+,23-,27+,28-,30-,31-,32-/m0/s1. The maximum atomic E-state index is 14.1. The number of ketones is 1. The van der Waals surface area contributed by atoms with Gasteiger partial charge in [0.15, 0.2) is 5.78 Å². The van der Waals surface area contributed by atoms with Gasteiger partial charge in [0.05, 0.1) is 17.3 Å². The highest BCUT2D eigenvalue weighted by Crippen LogP contribution is 2.69. The lowest BCUT2D eigenvalue weighted by Crippen LogP contribution is -2.70. The molecule has 0 aromatic carbocycles. The number of rotatable bonds is 9. The van der Waals surface area contributed by atoms with Crippen molar-refractivity contribution >= 4 is 17.7 Å². The molecular formula is C32H44O9. The zero-order valence-corrected chi connectivity index (χ0v) is 24.2. The number of fused-ring (bicyclic) bond motifs is 5. The molecule has 0 bridgehead atoms. The lowest BCUT2D eigenvalue weighted by atomic mass is 9.42. The Balaban J connectivity index is 1.25. The third kappa shape index (κ3) is 5.07. The van der Waals surface area contributed by atoms with Gasteiger partial charge in [0.25, 0.3) is 0 Å². The van der Waals surface area contributed by atoms with Crippen LogP contribution in [0.15, 0.2) is 27.6 Å². The molecule has 0 spiro atoms. The van der Waals surface area contributed by atoms with Crippen molar-refractivity contribution in [1.82, 2.24) is 0 Å². The number of unbranched alkanes of at least 4 members (excludes halogenated alkanes) is 3. The molecule has 4 aliphatic rings. The van der Waals surface area contributed by atoms with E-state index in [0.29, 0.717) is 63.4 Å². The fourth-order valence-electron chi connectivity index (χ4n) is 9.36. The molecule has 4 fully saturated rings. The average molecular weight is 573 g/mol. The zero-order chi connectivity index (χ0) is 29.6. The Hall–Kier alpha value is -2.52. The van der Waals surface area contributed by atoms with Crippen LogP contribution in [0.3, 0.4) is 0 Å². The molecule has 0 saturated heterocycles. The summed E-state index contributed by atoms with van der Waals surface area (Å²) in [6.45, 7) is 3.93. The molecule has 1 heterocycles. The molecule has 0 unspecified atom stereocenters. The van der Waals surface area contributed by atoms with Crippen molar-refractivity contribution in [3.8, 4) is 0 Å². The van der Waals surface area contributed by atoms with Crippen LogP contribution in [-0.4, -0.2) is 50.9 Å².